The van der Waals surface area contributed by atoms with Gasteiger partial charge in [-0.05, 0) is 12.3 Å². The number of alkyl halides is 1. The summed E-state index contributed by atoms with van der Waals surface area (Å²) in [7, 11) is 0. The molecular formula is C9H19FO. The second-order valence-electron chi connectivity index (χ2n) is 3.24. The Hall–Kier alpha value is -0.110. The average Bonchev–Trinajstić information content (AvgIpc) is 1.88. The summed E-state index contributed by atoms with van der Waals surface area (Å²) >= 11 is 0. The van der Waals surface area contributed by atoms with E-state index in [1.54, 1.807) is 0 Å². The van der Waals surface area contributed by atoms with Crippen molar-refractivity contribution in [1.82, 2.24) is 0 Å². The van der Waals surface area contributed by atoms with Crippen LogP contribution in [0.5, 0.6) is 0 Å². The van der Waals surface area contributed by atoms with Crippen molar-refractivity contribution in [3.8, 4) is 0 Å². The lowest BCUT2D eigenvalue weighted by Crippen LogP contribution is -2.46. The molecule has 0 spiro atoms. The first kappa shape index (κ1) is 10.9. The molecule has 0 aromatic heterocycles. The largest absolute Gasteiger partial charge is 0.375 e. The Bertz CT molecular complexity index is 97.7. The molecule has 1 fully saturated rings. The van der Waals surface area contributed by atoms with Crippen LogP contribution in [0.2, 0.25) is 0 Å². The van der Waals surface area contributed by atoms with Crippen LogP contribution in [0, 0.1) is 5.92 Å². The van der Waals surface area contributed by atoms with E-state index < -0.39 is 5.67 Å². The van der Waals surface area contributed by atoms with E-state index in [0.717, 1.165) is 0 Å². The number of hydrogen-bond acceptors (Lipinski definition) is 1. The molecular weight excluding hydrogens is 143 g/mol. The summed E-state index contributed by atoms with van der Waals surface area (Å²) in [6.45, 7) is 8.68. The fourth-order valence-corrected chi connectivity index (χ4v) is 1.17. The maximum Gasteiger partial charge on any atom is 0.157 e. The fraction of sp³-hybridized carbons (Fsp3) is 1.00. The summed E-state index contributed by atoms with van der Waals surface area (Å²) in [4.78, 5) is 0. The molecule has 1 rings (SSSR count). The minimum atomic E-state index is -0.978. The Kier molecular flexibility index (Phi) is 4.66. The Labute approximate surface area is 68.9 Å². The molecule has 0 aromatic rings. The van der Waals surface area contributed by atoms with Crippen molar-refractivity contribution in [1.29, 1.82) is 0 Å². The van der Waals surface area contributed by atoms with E-state index in [1.165, 1.54) is 0 Å². The molecule has 0 atom stereocenters. The topological polar surface area (TPSA) is 9.23 Å². The van der Waals surface area contributed by atoms with E-state index in [2.05, 4.69) is 0 Å². The van der Waals surface area contributed by atoms with E-state index in [-0.39, 0.29) is 0 Å². The quantitative estimate of drug-likeness (QED) is 0.606. The van der Waals surface area contributed by atoms with Crippen molar-refractivity contribution in [3.63, 3.8) is 0 Å². The Balaban J connectivity index is 0.000000461. The molecule has 0 N–H and O–H groups in total. The van der Waals surface area contributed by atoms with Crippen LogP contribution in [0.4, 0.5) is 4.39 Å². The van der Waals surface area contributed by atoms with Gasteiger partial charge in [-0.1, -0.05) is 27.7 Å². The SMILES string of the molecule is CC.CC(C)CC1(F)COC1. The summed E-state index contributed by atoms with van der Waals surface area (Å²) in [5, 5.41) is 0. The molecule has 0 radical (unpaired) electrons. The molecule has 1 saturated heterocycles. The third-order valence-corrected chi connectivity index (χ3v) is 1.50. The normalized spacial score (nSPS) is 20.2. The van der Waals surface area contributed by atoms with Gasteiger partial charge in [0.05, 0.1) is 13.2 Å². The van der Waals surface area contributed by atoms with Crippen LogP contribution in [0.25, 0.3) is 0 Å². The molecule has 1 nitrogen and oxygen atoms in total. The van der Waals surface area contributed by atoms with Crippen LogP contribution in [-0.2, 0) is 4.74 Å². The summed E-state index contributed by atoms with van der Waals surface area (Å²) in [5.74, 6) is 0.443. The molecule has 2 heteroatoms. The van der Waals surface area contributed by atoms with Gasteiger partial charge in [-0.25, -0.2) is 4.39 Å². The Morgan fingerprint density at radius 3 is 1.91 bits per heavy atom. The highest BCUT2D eigenvalue weighted by molar-refractivity contribution is 4.86. The first-order chi connectivity index (χ1) is 5.12. The van der Waals surface area contributed by atoms with Gasteiger partial charge in [0.15, 0.2) is 5.67 Å². The van der Waals surface area contributed by atoms with Gasteiger partial charge < -0.3 is 4.74 Å². The lowest BCUT2D eigenvalue weighted by Gasteiger charge is -2.34. The van der Waals surface area contributed by atoms with E-state index in [0.29, 0.717) is 25.6 Å². The van der Waals surface area contributed by atoms with Crippen LogP contribution in [0.15, 0.2) is 0 Å². The molecule has 0 aromatic carbocycles. The van der Waals surface area contributed by atoms with Crippen molar-refractivity contribution < 1.29 is 9.13 Å². The molecule has 68 valence electrons. The summed E-state index contributed by atoms with van der Waals surface area (Å²) in [6.07, 6.45) is 0.646. The first-order valence-corrected chi connectivity index (χ1v) is 4.39. The summed E-state index contributed by atoms with van der Waals surface area (Å²) < 4.78 is 17.8. The van der Waals surface area contributed by atoms with Gasteiger partial charge in [0.1, 0.15) is 0 Å². The van der Waals surface area contributed by atoms with E-state index in [4.69, 9.17) is 4.74 Å². The number of halogens is 1. The summed E-state index contributed by atoms with van der Waals surface area (Å²) in [6, 6.07) is 0. The second kappa shape index (κ2) is 4.70. The van der Waals surface area contributed by atoms with Crippen LogP contribution in [0.3, 0.4) is 0 Å². The van der Waals surface area contributed by atoms with Crippen LogP contribution in [0.1, 0.15) is 34.1 Å². The lowest BCUT2D eigenvalue weighted by molar-refractivity contribution is -0.138. The van der Waals surface area contributed by atoms with E-state index in [9.17, 15) is 4.39 Å². The smallest absolute Gasteiger partial charge is 0.157 e. The zero-order valence-electron chi connectivity index (χ0n) is 7.98. The van der Waals surface area contributed by atoms with Gasteiger partial charge in [-0.2, -0.15) is 0 Å². The van der Waals surface area contributed by atoms with Crippen LogP contribution >= 0.6 is 0 Å². The highest BCUT2D eigenvalue weighted by Gasteiger charge is 2.38. The molecule has 0 unspecified atom stereocenters. The molecule has 0 amide bonds. The predicted octanol–water partition coefficient (Wildman–Crippen LogP) is 2.80. The maximum atomic E-state index is 13.0. The van der Waals surface area contributed by atoms with Crippen molar-refractivity contribution in [2.75, 3.05) is 13.2 Å². The Morgan fingerprint density at radius 2 is 1.82 bits per heavy atom. The van der Waals surface area contributed by atoms with Crippen molar-refractivity contribution >= 4 is 0 Å². The average molecular weight is 162 g/mol. The number of rotatable bonds is 2. The van der Waals surface area contributed by atoms with Gasteiger partial charge in [0.2, 0.25) is 0 Å². The Morgan fingerprint density at radius 1 is 1.36 bits per heavy atom. The predicted molar refractivity (Wildman–Crippen MR) is 45.5 cm³/mol. The van der Waals surface area contributed by atoms with Crippen LogP contribution in [-0.4, -0.2) is 18.9 Å². The van der Waals surface area contributed by atoms with Crippen molar-refractivity contribution in [2.24, 2.45) is 5.92 Å². The molecule has 1 aliphatic rings. The molecule has 0 aliphatic carbocycles. The monoisotopic (exact) mass is 162 g/mol. The highest BCUT2D eigenvalue weighted by atomic mass is 19.1. The van der Waals surface area contributed by atoms with Crippen LogP contribution < -0.4 is 0 Å². The minimum Gasteiger partial charge on any atom is -0.375 e. The molecule has 1 heterocycles. The zero-order valence-corrected chi connectivity index (χ0v) is 7.98. The van der Waals surface area contributed by atoms with E-state index >= 15 is 0 Å². The number of ether oxygens (including phenoxy) is 1. The van der Waals surface area contributed by atoms with Gasteiger partial charge in [-0.15, -0.1) is 0 Å². The fourth-order valence-electron chi connectivity index (χ4n) is 1.17. The lowest BCUT2D eigenvalue weighted by atomic mass is 9.93. The zero-order chi connectivity index (χ0) is 8.91. The van der Waals surface area contributed by atoms with Gasteiger partial charge in [-0.3, -0.25) is 0 Å². The summed E-state index contributed by atoms with van der Waals surface area (Å²) in [5.41, 5.74) is -0.978. The van der Waals surface area contributed by atoms with E-state index in [1.807, 2.05) is 27.7 Å². The third kappa shape index (κ3) is 3.71. The molecule has 0 bridgehead atoms. The van der Waals surface area contributed by atoms with Crippen molar-refractivity contribution in [3.05, 3.63) is 0 Å². The first-order valence-electron chi connectivity index (χ1n) is 4.39. The minimum absolute atomic E-state index is 0.311. The highest BCUT2D eigenvalue weighted by Crippen LogP contribution is 2.28. The third-order valence-electron chi connectivity index (χ3n) is 1.50. The van der Waals surface area contributed by atoms with Gasteiger partial charge in [0.25, 0.3) is 0 Å². The number of hydrogen-bond donors (Lipinski definition) is 0. The standard InChI is InChI=1S/C7H13FO.C2H6/c1-6(2)3-7(8)4-9-5-7;1-2/h6H,3-5H2,1-2H3;1-2H3. The molecule has 11 heavy (non-hydrogen) atoms. The van der Waals surface area contributed by atoms with Crippen molar-refractivity contribution in [2.45, 2.75) is 39.8 Å². The molecule has 1 aliphatic heterocycles. The van der Waals surface area contributed by atoms with Gasteiger partial charge >= 0.3 is 0 Å². The second-order valence-corrected chi connectivity index (χ2v) is 3.24. The molecule has 0 saturated carbocycles. The van der Waals surface area contributed by atoms with Gasteiger partial charge in [0, 0.05) is 0 Å². The maximum absolute atomic E-state index is 13.0.